The van der Waals surface area contributed by atoms with Crippen LogP contribution in [-0.4, -0.2) is 37.2 Å². The normalized spacial score (nSPS) is 12.7. The van der Waals surface area contributed by atoms with Gasteiger partial charge >= 0.3 is 5.56 Å². The second-order valence-corrected chi connectivity index (χ2v) is 7.13. The first-order valence-corrected chi connectivity index (χ1v) is 9.28. The standard InChI is InChI=1S/C21H21FN4O3/c1-13(27)8-23-9-15-12-25(11-14-2-4-16(22)5-3-14)18-10-24-20-17(19(15)18)6-7-26(29)21(20)28/h2-7,10,12-13,23,27,29H,8-9,11H2,1H3/t13-/m0/s1. The molecule has 8 heteroatoms. The number of nitrogens with zero attached hydrogens (tertiary/aromatic N) is 3. The molecule has 0 amide bonds. The second kappa shape index (κ2) is 7.65. The minimum absolute atomic E-state index is 0.179. The van der Waals surface area contributed by atoms with Crippen molar-refractivity contribution in [3.8, 4) is 0 Å². The minimum Gasteiger partial charge on any atom is -0.425 e. The summed E-state index contributed by atoms with van der Waals surface area (Å²) in [6, 6.07) is 7.95. The highest BCUT2D eigenvalue weighted by molar-refractivity contribution is 6.06. The average molecular weight is 396 g/mol. The number of nitrogens with one attached hydrogen (secondary N) is 1. The summed E-state index contributed by atoms with van der Waals surface area (Å²) in [5.41, 5.74) is 2.28. The summed E-state index contributed by atoms with van der Waals surface area (Å²) in [4.78, 5) is 16.5. The van der Waals surface area contributed by atoms with Gasteiger partial charge in [0.05, 0.1) is 17.8 Å². The van der Waals surface area contributed by atoms with Crippen molar-refractivity contribution in [2.45, 2.75) is 26.1 Å². The molecule has 7 nitrogen and oxygen atoms in total. The number of rotatable bonds is 6. The predicted molar refractivity (Wildman–Crippen MR) is 108 cm³/mol. The molecule has 0 aliphatic rings. The minimum atomic E-state index is -0.585. The quantitative estimate of drug-likeness (QED) is 0.435. The molecule has 4 rings (SSSR count). The van der Waals surface area contributed by atoms with Gasteiger partial charge in [-0.25, -0.2) is 9.37 Å². The Morgan fingerprint density at radius 1 is 1.24 bits per heavy atom. The van der Waals surface area contributed by atoms with Gasteiger partial charge in [-0.15, -0.1) is 0 Å². The van der Waals surface area contributed by atoms with Crippen molar-refractivity contribution in [3.05, 3.63) is 76.2 Å². The maximum absolute atomic E-state index is 13.2. The molecule has 3 N–H and O–H groups in total. The maximum Gasteiger partial charge on any atom is 0.309 e. The van der Waals surface area contributed by atoms with E-state index in [0.29, 0.717) is 29.8 Å². The van der Waals surface area contributed by atoms with Crippen molar-refractivity contribution in [1.29, 1.82) is 0 Å². The van der Waals surface area contributed by atoms with Crippen LogP contribution in [-0.2, 0) is 13.1 Å². The number of aromatic nitrogens is 3. The number of hydrogen-bond donors (Lipinski definition) is 3. The van der Waals surface area contributed by atoms with Gasteiger partial charge in [0, 0.05) is 42.8 Å². The summed E-state index contributed by atoms with van der Waals surface area (Å²) >= 11 is 0. The molecule has 29 heavy (non-hydrogen) atoms. The van der Waals surface area contributed by atoms with Gasteiger partial charge in [0.25, 0.3) is 0 Å². The van der Waals surface area contributed by atoms with Crippen LogP contribution in [0.3, 0.4) is 0 Å². The van der Waals surface area contributed by atoms with E-state index in [2.05, 4.69) is 10.3 Å². The summed E-state index contributed by atoms with van der Waals surface area (Å²) in [6.07, 6.45) is 4.40. The smallest absolute Gasteiger partial charge is 0.309 e. The molecule has 150 valence electrons. The molecular weight excluding hydrogens is 375 g/mol. The summed E-state index contributed by atoms with van der Waals surface area (Å²) in [5.74, 6) is -0.290. The highest BCUT2D eigenvalue weighted by atomic mass is 19.1. The molecule has 0 saturated carbocycles. The number of hydrogen-bond acceptors (Lipinski definition) is 5. The molecule has 0 aliphatic carbocycles. The van der Waals surface area contributed by atoms with Gasteiger partial charge in [-0.2, -0.15) is 4.73 Å². The van der Waals surface area contributed by atoms with Crippen molar-refractivity contribution in [2.24, 2.45) is 0 Å². The molecule has 0 saturated heterocycles. The zero-order valence-corrected chi connectivity index (χ0v) is 15.8. The van der Waals surface area contributed by atoms with E-state index in [-0.39, 0.29) is 11.3 Å². The zero-order valence-electron chi connectivity index (χ0n) is 15.8. The monoisotopic (exact) mass is 396 g/mol. The van der Waals surface area contributed by atoms with Gasteiger partial charge < -0.3 is 20.2 Å². The molecule has 0 unspecified atom stereocenters. The lowest BCUT2D eigenvalue weighted by Gasteiger charge is -2.07. The fourth-order valence-corrected chi connectivity index (χ4v) is 3.51. The van der Waals surface area contributed by atoms with Crippen LogP contribution in [0.15, 0.2) is 53.7 Å². The summed E-state index contributed by atoms with van der Waals surface area (Å²) in [7, 11) is 0. The van der Waals surface area contributed by atoms with Gasteiger partial charge in [0.1, 0.15) is 11.3 Å². The van der Waals surface area contributed by atoms with Crippen LogP contribution >= 0.6 is 0 Å². The molecule has 0 radical (unpaired) electrons. The maximum atomic E-state index is 13.2. The molecular formula is C21H21FN4O3. The fourth-order valence-electron chi connectivity index (χ4n) is 3.51. The Balaban J connectivity index is 1.85. The number of pyridine rings is 2. The van der Waals surface area contributed by atoms with E-state index >= 15 is 0 Å². The highest BCUT2D eigenvalue weighted by Crippen LogP contribution is 2.28. The van der Waals surface area contributed by atoms with E-state index in [4.69, 9.17) is 0 Å². The predicted octanol–water partition coefficient (Wildman–Crippen LogP) is 2.25. The van der Waals surface area contributed by atoms with Crippen LogP contribution in [0.25, 0.3) is 21.8 Å². The van der Waals surface area contributed by atoms with Crippen LogP contribution < -0.4 is 10.9 Å². The fraction of sp³-hybridized carbons (Fsp3) is 0.238. The molecule has 1 atom stereocenters. The number of aliphatic hydroxyl groups excluding tert-OH is 1. The van der Waals surface area contributed by atoms with Crippen molar-refractivity contribution in [3.63, 3.8) is 0 Å². The Morgan fingerprint density at radius 3 is 2.72 bits per heavy atom. The lowest BCUT2D eigenvalue weighted by Crippen LogP contribution is -2.23. The van der Waals surface area contributed by atoms with Gasteiger partial charge in [-0.3, -0.25) is 4.79 Å². The summed E-state index contributed by atoms with van der Waals surface area (Å²) in [5, 5.41) is 23.9. The Hall–Kier alpha value is -3.23. The van der Waals surface area contributed by atoms with E-state index in [9.17, 15) is 19.5 Å². The van der Waals surface area contributed by atoms with Crippen LogP contribution in [0.2, 0.25) is 0 Å². The molecule has 0 spiro atoms. The molecule has 3 heterocycles. The number of halogens is 1. The highest BCUT2D eigenvalue weighted by Gasteiger charge is 2.15. The lowest BCUT2D eigenvalue weighted by atomic mass is 10.1. The Labute approximate surface area is 165 Å². The number of fused-ring (bicyclic) bond motifs is 3. The molecule has 3 aromatic heterocycles. The average Bonchev–Trinajstić information content (AvgIpc) is 3.04. The third-order valence-corrected chi connectivity index (χ3v) is 4.85. The van der Waals surface area contributed by atoms with Gasteiger partial charge in [-0.05, 0) is 36.2 Å². The molecule has 1 aromatic carbocycles. The van der Waals surface area contributed by atoms with Crippen LogP contribution in [0.5, 0.6) is 0 Å². The molecule has 0 aliphatic heterocycles. The Kier molecular flexibility index (Phi) is 5.04. The number of aliphatic hydroxyl groups is 1. The van der Waals surface area contributed by atoms with Crippen molar-refractivity contribution in [1.82, 2.24) is 19.6 Å². The van der Waals surface area contributed by atoms with Gasteiger partial charge in [0.15, 0.2) is 0 Å². The SMILES string of the molecule is C[C@H](O)CNCc1cn(Cc2ccc(F)cc2)c2cnc3c(=O)n(O)ccc3c12. The largest absolute Gasteiger partial charge is 0.425 e. The lowest BCUT2D eigenvalue weighted by molar-refractivity contribution is 0.176. The van der Waals surface area contributed by atoms with E-state index in [0.717, 1.165) is 22.0 Å². The van der Waals surface area contributed by atoms with Crippen molar-refractivity contribution >= 4 is 21.8 Å². The third kappa shape index (κ3) is 3.72. The molecule has 4 aromatic rings. The Morgan fingerprint density at radius 2 is 2.00 bits per heavy atom. The van der Waals surface area contributed by atoms with E-state index in [1.807, 2.05) is 10.8 Å². The third-order valence-electron chi connectivity index (χ3n) is 4.85. The van der Waals surface area contributed by atoms with E-state index in [1.165, 1.54) is 18.3 Å². The van der Waals surface area contributed by atoms with Crippen LogP contribution in [0.1, 0.15) is 18.1 Å². The topological polar surface area (TPSA) is 92.3 Å². The van der Waals surface area contributed by atoms with Crippen molar-refractivity contribution in [2.75, 3.05) is 6.54 Å². The van der Waals surface area contributed by atoms with Gasteiger partial charge in [-0.1, -0.05) is 12.1 Å². The Bertz CT molecular complexity index is 1230. The first kappa shape index (κ1) is 19.1. The number of benzene rings is 1. The van der Waals surface area contributed by atoms with Crippen molar-refractivity contribution < 1.29 is 14.7 Å². The van der Waals surface area contributed by atoms with Crippen LogP contribution in [0, 0.1) is 5.82 Å². The molecule has 0 bridgehead atoms. The van der Waals surface area contributed by atoms with E-state index < -0.39 is 11.7 Å². The zero-order chi connectivity index (χ0) is 20.5. The first-order valence-electron chi connectivity index (χ1n) is 9.28. The van der Waals surface area contributed by atoms with Crippen LogP contribution in [0.4, 0.5) is 4.39 Å². The van der Waals surface area contributed by atoms with Gasteiger partial charge in [0.2, 0.25) is 0 Å². The molecule has 0 fully saturated rings. The second-order valence-electron chi connectivity index (χ2n) is 7.13. The summed E-state index contributed by atoms with van der Waals surface area (Å²) in [6.45, 7) is 3.13. The summed E-state index contributed by atoms with van der Waals surface area (Å²) < 4.78 is 15.7. The first-order chi connectivity index (χ1) is 13.9. The van der Waals surface area contributed by atoms with E-state index in [1.54, 1.807) is 31.3 Å².